The quantitative estimate of drug-likeness (QED) is 0.878. The molecule has 1 atom stereocenters. The predicted molar refractivity (Wildman–Crippen MR) is 90.6 cm³/mol. The molecule has 2 amide bonds. The summed E-state index contributed by atoms with van der Waals surface area (Å²) in [5.74, 6) is 1.71. The summed E-state index contributed by atoms with van der Waals surface area (Å²) in [6, 6.07) is 3.80. The van der Waals surface area contributed by atoms with Crippen LogP contribution in [0.2, 0.25) is 0 Å². The van der Waals surface area contributed by atoms with Crippen LogP contribution in [0.3, 0.4) is 0 Å². The number of carbonyl (C=O) groups excluding carboxylic acids is 1. The van der Waals surface area contributed by atoms with Crippen molar-refractivity contribution in [3.8, 4) is 0 Å². The second-order valence-electron chi connectivity index (χ2n) is 6.12. The predicted octanol–water partition coefficient (Wildman–Crippen LogP) is 1.92. The molecule has 3 rings (SSSR count). The molecule has 1 aliphatic heterocycles. The monoisotopic (exact) mass is 328 g/mol. The van der Waals surface area contributed by atoms with Crippen molar-refractivity contribution in [3.05, 3.63) is 41.2 Å². The first-order valence-electron chi connectivity index (χ1n) is 8.55. The molecule has 24 heavy (non-hydrogen) atoms. The van der Waals surface area contributed by atoms with E-state index < -0.39 is 0 Å². The molecule has 0 bridgehead atoms. The Balaban J connectivity index is 1.50. The van der Waals surface area contributed by atoms with Crippen molar-refractivity contribution < 1.29 is 4.79 Å². The minimum Gasteiger partial charge on any atom is -0.338 e. The van der Waals surface area contributed by atoms with E-state index in [0.29, 0.717) is 6.54 Å². The number of nitrogens with one attached hydrogen (secondary N) is 2. The van der Waals surface area contributed by atoms with Crippen LogP contribution >= 0.6 is 0 Å². The van der Waals surface area contributed by atoms with Crippen molar-refractivity contribution in [2.45, 2.75) is 52.1 Å². The van der Waals surface area contributed by atoms with E-state index in [1.807, 2.05) is 36.9 Å². The summed E-state index contributed by atoms with van der Waals surface area (Å²) in [7, 11) is 0. The van der Waals surface area contributed by atoms with E-state index in [1.54, 1.807) is 0 Å². The molecule has 2 N–H and O–H groups in total. The number of urea groups is 1. The lowest BCUT2D eigenvalue weighted by molar-refractivity contribution is 0.233. The first-order chi connectivity index (χ1) is 11.7. The summed E-state index contributed by atoms with van der Waals surface area (Å²) in [4.78, 5) is 20.9. The van der Waals surface area contributed by atoms with Gasteiger partial charge in [-0.3, -0.25) is 4.98 Å². The highest BCUT2D eigenvalue weighted by atomic mass is 16.2. The van der Waals surface area contributed by atoms with Gasteiger partial charge in [0.1, 0.15) is 5.82 Å². The molecule has 7 heteroatoms. The maximum absolute atomic E-state index is 12.1. The number of aromatic nitrogens is 4. The number of carbonyl (C=O) groups is 1. The lowest BCUT2D eigenvalue weighted by Gasteiger charge is -2.23. The van der Waals surface area contributed by atoms with Gasteiger partial charge in [-0.15, -0.1) is 0 Å². The first kappa shape index (κ1) is 16.4. The lowest BCUT2D eigenvalue weighted by Crippen LogP contribution is -2.40. The molecule has 0 fully saturated rings. The summed E-state index contributed by atoms with van der Waals surface area (Å²) in [6.07, 6.45) is 5.33. The normalized spacial score (nSPS) is 16.5. The highest BCUT2D eigenvalue weighted by Crippen LogP contribution is 2.22. The van der Waals surface area contributed by atoms with E-state index in [-0.39, 0.29) is 12.1 Å². The van der Waals surface area contributed by atoms with Gasteiger partial charge in [-0.1, -0.05) is 13.0 Å². The number of rotatable bonds is 5. The Morgan fingerprint density at radius 1 is 1.42 bits per heavy atom. The van der Waals surface area contributed by atoms with Gasteiger partial charge < -0.3 is 10.6 Å². The molecule has 1 aliphatic rings. The van der Waals surface area contributed by atoms with Crippen LogP contribution in [-0.4, -0.2) is 32.3 Å². The van der Waals surface area contributed by atoms with Gasteiger partial charge in [0.25, 0.3) is 0 Å². The molecule has 7 nitrogen and oxygen atoms in total. The second kappa shape index (κ2) is 7.42. The summed E-state index contributed by atoms with van der Waals surface area (Å²) < 4.78 is 1.92. The van der Waals surface area contributed by atoms with Gasteiger partial charge in [0.15, 0.2) is 5.82 Å². The van der Waals surface area contributed by atoms with Gasteiger partial charge in [-0.05, 0) is 37.8 Å². The van der Waals surface area contributed by atoms with E-state index in [2.05, 4.69) is 25.7 Å². The number of hydrogen-bond acceptors (Lipinski definition) is 4. The molecule has 128 valence electrons. The van der Waals surface area contributed by atoms with E-state index in [0.717, 1.165) is 55.1 Å². The van der Waals surface area contributed by atoms with Crippen molar-refractivity contribution >= 4 is 6.03 Å². The average molecular weight is 328 g/mol. The molecular weight excluding hydrogens is 304 g/mol. The molecular formula is C17H24N6O. The summed E-state index contributed by atoms with van der Waals surface area (Å²) in [5, 5.41) is 10.4. The summed E-state index contributed by atoms with van der Waals surface area (Å²) in [5.41, 5.74) is 2.11. The van der Waals surface area contributed by atoms with Crippen molar-refractivity contribution in [2.75, 3.05) is 6.54 Å². The standard InChI is InChI=1S/C17H24N6O/c1-3-15-21-16-14(5-4-10-23(16)22-15)20-17(24)18-9-8-13-7-6-12(2)19-11-13/h6-7,11,14H,3-5,8-10H2,1-2H3,(H2,18,20,24). The van der Waals surface area contributed by atoms with Gasteiger partial charge >= 0.3 is 6.03 Å². The highest BCUT2D eigenvalue weighted by Gasteiger charge is 2.25. The molecule has 3 heterocycles. The Kier molecular flexibility index (Phi) is 5.08. The molecule has 0 saturated carbocycles. The van der Waals surface area contributed by atoms with E-state index in [4.69, 9.17) is 0 Å². The Bertz CT molecular complexity index is 694. The Labute approximate surface area is 141 Å². The van der Waals surface area contributed by atoms with Crippen molar-refractivity contribution in [1.29, 1.82) is 0 Å². The average Bonchev–Trinajstić information content (AvgIpc) is 3.01. The smallest absolute Gasteiger partial charge is 0.315 e. The lowest BCUT2D eigenvalue weighted by atomic mass is 10.1. The number of pyridine rings is 1. The van der Waals surface area contributed by atoms with Crippen molar-refractivity contribution in [2.24, 2.45) is 0 Å². The largest absolute Gasteiger partial charge is 0.338 e. The Hall–Kier alpha value is -2.44. The maximum atomic E-state index is 12.1. The van der Waals surface area contributed by atoms with Gasteiger partial charge in [0, 0.05) is 31.4 Å². The van der Waals surface area contributed by atoms with Crippen LogP contribution in [0.1, 0.15) is 48.7 Å². The molecule has 0 radical (unpaired) electrons. The fourth-order valence-electron chi connectivity index (χ4n) is 2.86. The van der Waals surface area contributed by atoms with Gasteiger partial charge in [-0.2, -0.15) is 5.10 Å². The number of aryl methyl sites for hydroxylation is 3. The van der Waals surface area contributed by atoms with Crippen LogP contribution in [0.25, 0.3) is 0 Å². The summed E-state index contributed by atoms with van der Waals surface area (Å²) in [6.45, 7) is 5.46. The summed E-state index contributed by atoms with van der Waals surface area (Å²) >= 11 is 0. The van der Waals surface area contributed by atoms with Crippen LogP contribution in [0.4, 0.5) is 4.79 Å². The zero-order valence-electron chi connectivity index (χ0n) is 14.2. The number of nitrogens with zero attached hydrogens (tertiary/aromatic N) is 4. The third-order valence-electron chi connectivity index (χ3n) is 4.21. The first-order valence-corrected chi connectivity index (χ1v) is 8.55. The minimum atomic E-state index is -0.158. The van der Waals surface area contributed by atoms with Crippen molar-refractivity contribution in [1.82, 2.24) is 30.4 Å². The van der Waals surface area contributed by atoms with Crippen LogP contribution in [-0.2, 0) is 19.4 Å². The zero-order chi connectivity index (χ0) is 16.9. The van der Waals surface area contributed by atoms with Gasteiger partial charge in [0.05, 0.1) is 6.04 Å². The van der Waals surface area contributed by atoms with Crippen LogP contribution in [0.15, 0.2) is 18.3 Å². The Morgan fingerprint density at radius 3 is 3.04 bits per heavy atom. The molecule has 2 aromatic heterocycles. The van der Waals surface area contributed by atoms with Crippen LogP contribution in [0, 0.1) is 6.92 Å². The fraction of sp³-hybridized carbons (Fsp3) is 0.529. The second-order valence-corrected chi connectivity index (χ2v) is 6.12. The van der Waals surface area contributed by atoms with E-state index >= 15 is 0 Å². The molecule has 0 aliphatic carbocycles. The number of hydrogen-bond donors (Lipinski definition) is 2. The van der Waals surface area contributed by atoms with Crippen molar-refractivity contribution in [3.63, 3.8) is 0 Å². The van der Waals surface area contributed by atoms with E-state index in [9.17, 15) is 4.79 Å². The molecule has 0 saturated heterocycles. The van der Waals surface area contributed by atoms with Gasteiger partial charge in [-0.25, -0.2) is 14.5 Å². The SMILES string of the molecule is CCc1nc2n(n1)CCCC2NC(=O)NCCc1ccc(C)nc1. The fourth-order valence-corrected chi connectivity index (χ4v) is 2.86. The number of amides is 2. The molecule has 0 aromatic carbocycles. The minimum absolute atomic E-state index is 0.0624. The van der Waals surface area contributed by atoms with Gasteiger partial charge in [0.2, 0.25) is 0 Å². The third-order valence-corrected chi connectivity index (χ3v) is 4.21. The number of fused-ring (bicyclic) bond motifs is 1. The molecule has 1 unspecified atom stereocenters. The zero-order valence-corrected chi connectivity index (χ0v) is 14.2. The maximum Gasteiger partial charge on any atom is 0.315 e. The molecule has 2 aromatic rings. The van der Waals surface area contributed by atoms with Crippen LogP contribution in [0.5, 0.6) is 0 Å². The van der Waals surface area contributed by atoms with E-state index in [1.165, 1.54) is 0 Å². The van der Waals surface area contributed by atoms with Crippen LogP contribution < -0.4 is 10.6 Å². The topological polar surface area (TPSA) is 84.7 Å². The molecule has 0 spiro atoms. The third kappa shape index (κ3) is 3.90. The highest BCUT2D eigenvalue weighted by molar-refractivity contribution is 5.74. The Morgan fingerprint density at radius 2 is 2.29 bits per heavy atom.